The summed E-state index contributed by atoms with van der Waals surface area (Å²) in [5, 5.41) is 12.1. The van der Waals surface area contributed by atoms with Crippen LogP contribution in [0, 0.1) is 5.92 Å². The van der Waals surface area contributed by atoms with Crippen molar-refractivity contribution < 1.29 is 14.3 Å². The Bertz CT molecular complexity index is 635. The first-order valence-electron chi connectivity index (χ1n) is 8.16. The molecule has 0 spiro atoms. The SMILES string of the molecule is O=C(CCc1ncc(-c2ccccc2)o1)NC(CCO)C1CC1. The lowest BCUT2D eigenvalue weighted by atomic mass is 10.1. The molecule has 0 aliphatic heterocycles. The zero-order valence-corrected chi connectivity index (χ0v) is 13.1. The number of nitrogens with one attached hydrogen (secondary N) is 1. The molecule has 0 bridgehead atoms. The van der Waals surface area contributed by atoms with E-state index in [2.05, 4.69) is 10.3 Å². The summed E-state index contributed by atoms with van der Waals surface area (Å²) < 4.78 is 5.70. The number of aliphatic hydroxyl groups excluding tert-OH is 1. The molecule has 122 valence electrons. The van der Waals surface area contributed by atoms with E-state index in [9.17, 15) is 4.79 Å². The standard InChI is InChI=1S/C18H22N2O3/c21-11-10-15(13-6-7-13)20-17(22)8-9-18-19-12-16(23-18)14-4-2-1-3-5-14/h1-5,12-13,15,21H,6-11H2,(H,20,22). The Morgan fingerprint density at radius 1 is 1.35 bits per heavy atom. The molecule has 1 fully saturated rings. The summed E-state index contributed by atoms with van der Waals surface area (Å²) in [6, 6.07) is 9.89. The lowest BCUT2D eigenvalue weighted by molar-refractivity contribution is -0.122. The van der Waals surface area contributed by atoms with Crippen molar-refractivity contribution in [3.8, 4) is 11.3 Å². The predicted octanol–water partition coefficient (Wildman–Crippen LogP) is 2.55. The molecule has 1 aliphatic carbocycles. The van der Waals surface area contributed by atoms with Crippen molar-refractivity contribution in [1.82, 2.24) is 10.3 Å². The second-order valence-corrected chi connectivity index (χ2v) is 6.01. The van der Waals surface area contributed by atoms with Crippen LogP contribution in [0.3, 0.4) is 0 Å². The van der Waals surface area contributed by atoms with Gasteiger partial charge in [0.2, 0.25) is 5.91 Å². The van der Waals surface area contributed by atoms with Crippen LogP contribution in [-0.2, 0) is 11.2 Å². The summed E-state index contributed by atoms with van der Waals surface area (Å²) in [7, 11) is 0. The van der Waals surface area contributed by atoms with E-state index in [-0.39, 0.29) is 18.6 Å². The van der Waals surface area contributed by atoms with Crippen molar-refractivity contribution in [2.24, 2.45) is 5.92 Å². The number of hydrogen-bond donors (Lipinski definition) is 2. The summed E-state index contributed by atoms with van der Waals surface area (Å²) in [6.45, 7) is 0.113. The summed E-state index contributed by atoms with van der Waals surface area (Å²) in [6.07, 6.45) is 5.45. The van der Waals surface area contributed by atoms with E-state index < -0.39 is 0 Å². The van der Waals surface area contributed by atoms with Gasteiger partial charge in [-0.25, -0.2) is 4.98 Å². The molecular weight excluding hydrogens is 292 g/mol. The molecule has 0 radical (unpaired) electrons. The van der Waals surface area contributed by atoms with Gasteiger partial charge < -0.3 is 14.8 Å². The Labute approximate surface area is 135 Å². The maximum atomic E-state index is 12.0. The monoisotopic (exact) mass is 314 g/mol. The van der Waals surface area contributed by atoms with Crippen LogP contribution >= 0.6 is 0 Å². The topological polar surface area (TPSA) is 75.4 Å². The third-order valence-electron chi connectivity index (χ3n) is 4.16. The van der Waals surface area contributed by atoms with Gasteiger partial charge in [0.25, 0.3) is 0 Å². The van der Waals surface area contributed by atoms with Crippen molar-refractivity contribution in [2.45, 2.75) is 38.1 Å². The van der Waals surface area contributed by atoms with E-state index in [1.807, 2.05) is 30.3 Å². The maximum absolute atomic E-state index is 12.0. The molecule has 0 saturated heterocycles. The molecule has 5 nitrogen and oxygen atoms in total. The zero-order valence-electron chi connectivity index (χ0n) is 13.1. The second kappa shape index (κ2) is 7.42. The summed E-state index contributed by atoms with van der Waals surface area (Å²) in [4.78, 5) is 16.3. The molecular formula is C18H22N2O3. The first-order valence-corrected chi connectivity index (χ1v) is 8.16. The van der Waals surface area contributed by atoms with Gasteiger partial charge in [0, 0.05) is 31.1 Å². The minimum absolute atomic E-state index is 0.00480. The van der Waals surface area contributed by atoms with Crippen LogP contribution in [0.4, 0.5) is 0 Å². The number of aliphatic hydroxyl groups is 1. The molecule has 1 heterocycles. The lowest BCUT2D eigenvalue weighted by Crippen LogP contribution is -2.37. The number of benzene rings is 1. The van der Waals surface area contributed by atoms with Crippen molar-refractivity contribution in [1.29, 1.82) is 0 Å². The number of carbonyl (C=O) groups is 1. The Morgan fingerprint density at radius 3 is 2.83 bits per heavy atom. The second-order valence-electron chi connectivity index (χ2n) is 6.01. The van der Waals surface area contributed by atoms with Gasteiger partial charge in [0.15, 0.2) is 11.7 Å². The Kier molecular flexibility index (Phi) is 5.08. The first-order chi connectivity index (χ1) is 11.3. The van der Waals surface area contributed by atoms with Gasteiger partial charge in [0.05, 0.1) is 6.20 Å². The summed E-state index contributed by atoms with van der Waals surface area (Å²) >= 11 is 0. The molecule has 1 amide bonds. The fourth-order valence-electron chi connectivity index (χ4n) is 2.72. The third kappa shape index (κ3) is 4.42. The minimum Gasteiger partial charge on any atom is -0.441 e. The molecule has 2 N–H and O–H groups in total. The summed E-state index contributed by atoms with van der Waals surface area (Å²) in [5.74, 6) is 1.83. The fraction of sp³-hybridized carbons (Fsp3) is 0.444. The normalized spacial score (nSPS) is 15.3. The highest BCUT2D eigenvalue weighted by Gasteiger charge is 2.31. The van der Waals surface area contributed by atoms with E-state index in [0.29, 0.717) is 31.1 Å². The van der Waals surface area contributed by atoms with Crippen LogP contribution in [-0.4, -0.2) is 28.6 Å². The van der Waals surface area contributed by atoms with E-state index >= 15 is 0 Å². The van der Waals surface area contributed by atoms with Crippen LogP contribution in [0.15, 0.2) is 40.9 Å². The minimum atomic E-state index is -0.00480. The number of amides is 1. The molecule has 1 unspecified atom stereocenters. The van der Waals surface area contributed by atoms with Crippen molar-refractivity contribution in [3.05, 3.63) is 42.4 Å². The van der Waals surface area contributed by atoms with Crippen LogP contribution in [0.5, 0.6) is 0 Å². The first kappa shape index (κ1) is 15.7. The molecule has 1 aromatic heterocycles. The number of aromatic nitrogens is 1. The number of hydrogen-bond acceptors (Lipinski definition) is 4. The molecule has 2 aromatic rings. The van der Waals surface area contributed by atoms with Gasteiger partial charge in [-0.05, 0) is 25.2 Å². The third-order valence-corrected chi connectivity index (χ3v) is 4.16. The quantitative estimate of drug-likeness (QED) is 0.785. The number of rotatable bonds is 8. The molecule has 1 atom stereocenters. The number of carbonyl (C=O) groups excluding carboxylic acids is 1. The number of nitrogens with zero attached hydrogens (tertiary/aromatic N) is 1. The Morgan fingerprint density at radius 2 is 2.13 bits per heavy atom. The molecule has 23 heavy (non-hydrogen) atoms. The van der Waals surface area contributed by atoms with Crippen molar-refractivity contribution in [2.75, 3.05) is 6.61 Å². The van der Waals surface area contributed by atoms with Crippen molar-refractivity contribution >= 4 is 5.91 Å². The van der Waals surface area contributed by atoms with E-state index in [1.54, 1.807) is 6.20 Å². The van der Waals surface area contributed by atoms with Crippen LogP contribution < -0.4 is 5.32 Å². The van der Waals surface area contributed by atoms with Gasteiger partial charge in [-0.15, -0.1) is 0 Å². The predicted molar refractivity (Wildman–Crippen MR) is 86.6 cm³/mol. The van der Waals surface area contributed by atoms with Crippen LogP contribution in [0.2, 0.25) is 0 Å². The average Bonchev–Trinajstić information content (AvgIpc) is 3.31. The Hall–Kier alpha value is -2.14. The largest absolute Gasteiger partial charge is 0.441 e. The number of aryl methyl sites for hydroxylation is 1. The highest BCUT2D eigenvalue weighted by Crippen LogP contribution is 2.33. The lowest BCUT2D eigenvalue weighted by Gasteiger charge is -2.16. The van der Waals surface area contributed by atoms with E-state index in [0.717, 1.165) is 24.2 Å². The summed E-state index contributed by atoms with van der Waals surface area (Å²) in [5.41, 5.74) is 0.979. The Balaban J connectivity index is 1.50. The van der Waals surface area contributed by atoms with Crippen LogP contribution in [0.1, 0.15) is 31.6 Å². The molecule has 1 saturated carbocycles. The van der Waals surface area contributed by atoms with Gasteiger partial charge in [-0.3, -0.25) is 4.79 Å². The van der Waals surface area contributed by atoms with Crippen molar-refractivity contribution in [3.63, 3.8) is 0 Å². The highest BCUT2D eigenvalue weighted by atomic mass is 16.4. The van der Waals surface area contributed by atoms with E-state index in [1.165, 1.54) is 0 Å². The van der Waals surface area contributed by atoms with Gasteiger partial charge in [-0.2, -0.15) is 0 Å². The smallest absolute Gasteiger partial charge is 0.220 e. The average molecular weight is 314 g/mol. The fourth-order valence-corrected chi connectivity index (χ4v) is 2.72. The van der Waals surface area contributed by atoms with E-state index in [4.69, 9.17) is 9.52 Å². The molecule has 1 aliphatic rings. The molecule has 5 heteroatoms. The maximum Gasteiger partial charge on any atom is 0.220 e. The van der Waals surface area contributed by atoms with Crippen LogP contribution in [0.25, 0.3) is 11.3 Å². The highest BCUT2D eigenvalue weighted by molar-refractivity contribution is 5.76. The zero-order chi connectivity index (χ0) is 16.1. The van der Waals surface area contributed by atoms with Gasteiger partial charge in [0.1, 0.15) is 0 Å². The molecule has 3 rings (SSSR count). The van der Waals surface area contributed by atoms with Gasteiger partial charge in [-0.1, -0.05) is 30.3 Å². The number of oxazole rings is 1. The van der Waals surface area contributed by atoms with Gasteiger partial charge >= 0.3 is 0 Å². The molecule has 1 aromatic carbocycles.